The number of piperidine rings is 1. The maximum atomic E-state index is 13.4. The van der Waals surface area contributed by atoms with E-state index in [-0.39, 0.29) is 28.6 Å². The fourth-order valence-corrected chi connectivity index (χ4v) is 9.07. The summed E-state index contributed by atoms with van der Waals surface area (Å²) in [5, 5.41) is 4.35. The van der Waals surface area contributed by atoms with E-state index < -0.39 is 0 Å². The molecule has 1 saturated heterocycles. The molecule has 1 heterocycles. The second kappa shape index (κ2) is 8.55. The van der Waals surface area contributed by atoms with Gasteiger partial charge in [-0.3, -0.25) is 9.59 Å². The zero-order chi connectivity index (χ0) is 24.4. The molecular weight excluding hydrogens is 467 g/mol. The molecule has 34 heavy (non-hydrogen) atoms. The molecule has 5 rings (SSSR count). The molecule has 6 heteroatoms. The molecule has 2 saturated carbocycles. The monoisotopic (exact) mass is 502 g/mol. The molecule has 1 N–H and O–H groups in total. The van der Waals surface area contributed by atoms with Crippen LogP contribution in [0.25, 0.3) is 0 Å². The first kappa shape index (κ1) is 24.2. The lowest BCUT2D eigenvalue weighted by atomic mass is 9.48. The van der Waals surface area contributed by atoms with Crippen LogP contribution in [0.3, 0.4) is 0 Å². The van der Waals surface area contributed by atoms with Gasteiger partial charge in [0, 0.05) is 52.7 Å². The number of likely N-dealkylation sites (tertiary alicyclic amines) is 1. The van der Waals surface area contributed by atoms with Gasteiger partial charge in [-0.05, 0) is 80.8 Å². The van der Waals surface area contributed by atoms with Gasteiger partial charge in [0.1, 0.15) is 0 Å². The van der Waals surface area contributed by atoms with Crippen LogP contribution in [0.5, 0.6) is 0 Å². The Morgan fingerprint density at radius 1 is 1.12 bits per heavy atom. The Morgan fingerprint density at radius 2 is 1.82 bits per heavy atom. The topological polar surface area (TPSA) is 49.4 Å². The van der Waals surface area contributed by atoms with Gasteiger partial charge in [-0.15, -0.1) is 0 Å². The Hall–Kier alpha value is -1.52. The van der Waals surface area contributed by atoms with E-state index in [1.54, 1.807) is 0 Å². The molecule has 3 aliphatic carbocycles. The summed E-state index contributed by atoms with van der Waals surface area (Å²) < 4.78 is 0. The summed E-state index contributed by atoms with van der Waals surface area (Å²) in [5.41, 5.74) is 3.53. The lowest BCUT2D eigenvalue weighted by molar-refractivity contribution is -0.138. The molecule has 6 atom stereocenters. The lowest BCUT2D eigenvalue weighted by Crippen LogP contribution is -2.55. The summed E-state index contributed by atoms with van der Waals surface area (Å²) in [6.45, 7) is 7.36. The molecule has 184 valence electrons. The fraction of sp³-hybridized carbons (Fsp3) is 0.643. The number of fused-ring (bicyclic) bond motifs is 5. The van der Waals surface area contributed by atoms with Crippen molar-refractivity contribution in [2.24, 2.45) is 34.5 Å². The van der Waals surface area contributed by atoms with E-state index >= 15 is 0 Å². The van der Waals surface area contributed by atoms with E-state index in [0.29, 0.717) is 40.8 Å². The predicted molar refractivity (Wildman–Crippen MR) is 136 cm³/mol. The van der Waals surface area contributed by atoms with Crippen molar-refractivity contribution in [3.05, 3.63) is 45.1 Å². The van der Waals surface area contributed by atoms with E-state index in [1.165, 1.54) is 11.3 Å². The summed E-state index contributed by atoms with van der Waals surface area (Å²) in [7, 11) is 1.97. The Labute approximate surface area is 213 Å². The van der Waals surface area contributed by atoms with Gasteiger partial charge in [0.2, 0.25) is 11.8 Å². The Morgan fingerprint density at radius 3 is 2.53 bits per heavy atom. The molecule has 1 unspecified atom stereocenters. The van der Waals surface area contributed by atoms with Gasteiger partial charge >= 0.3 is 0 Å². The molecule has 0 bridgehead atoms. The van der Waals surface area contributed by atoms with Crippen molar-refractivity contribution in [1.29, 1.82) is 0 Å². The summed E-state index contributed by atoms with van der Waals surface area (Å²) >= 11 is 12.6. The summed E-state index contributed by atoms with van der Waals surface area (Å²) in [6.07, 6.45) is 6.90. The maximum Gasteiger partial charge on any atom is 0.226 e. The number of rotatable bonds is 3. The standard InChI is InChI=1S/C28H36Cl2N2O2/c1-16-14-17-19-8-9-21(26(34)31-15-18-22(29)6-5-7-23(18)30)27(19,2)12-10-20(17)28(3)13-11-24(33)32(4)25(16)28/h5-7,17,19-21H,8-15H2,1-4H3,(H,31,34)/t17-,19-,20+,21?,27-,28+/m0/s1. The van der Waals surface area contributed by atoms with E-state index in [1.807, 2.05) is 30.1 Å². The normalized spacial score (nSPS) is 37.2. The average molecular weight is 504 g/mol. The predicted octanol–water partition coefficient (Wildman–Crippen LogP) is 6.60. The molecule has 1 aromatic carbocycles. The zero-order valence-corrected chi connectivity index (χ0v) is 22.2. The van der Waals surface area contributed by atoms with Gasteiger partial charge in [0.05, 0.1) is 0 Å². The fourth-order valence-electron chi connectivity index (χ4n) is 8.54. The smallest absolute Gasteiger partial charge is 0.226 e. The molecule has 0 radical (unpaired) electrons. The van der Waals surface area contributed by atoms with Crippen molar-refractivity contribution in [3.8, 4) is 0 Å². The number of benzene rings is 1. The van der Waals surface area contributed by atoms with Gasteiger partial charge in [-0.2, -0.15) is 0 Å². The zero-order valence-electron chi connectivity index (χ0n) is 20.7. The minimum absolute atomic E-state index is 0.0139. The lowest BCUT2D eigenvalue weighted by Gasteiger charge is -2.59. The van der Waals surface area contributed by atoms with Crippen molar-refractivity contribution in [2.45, 2.75) is 72.3 Å². The van der Waals surface area contributed by atoms with Crippen LogP contribution in [-0.4, -0.2) is 23.8 Å². The van der Waals surface area contributed by atoms with E-state index in [4.69, 9.17) is 23.2 Å². The first-order chi connectivity index (χ1) is 16.1. The van der Waals surface area contributed by atoms with Crippen LogP contribution in [0.2, 0.25) is 10.0 Å². The van der Waals surface area contributed by atoms with Gasteiger partial charge in [0.15, 0.2) is 0 Å². The summed E-state index contributed by atoms with van der Waals surface area (Å²) in [6, 6.07) is 5.45. The van der Waals surface area contributed by atoms with Crippen LogP contribution in [0.4, 0.5) is 0 Å². The van der Waals surface area contributed by atoms with Crippen LogP contribution >= 0.6 is 23.2 Å². The maximum absolute atomic E-state index is 13.4. The van der Waals surface area contributed by atoms with Crippen molar-refractivity contribution in [2.75, 3.05) is 7.05 Å². The molecular formula is C28H36Cl2N2O2. The van der Waals surface area contributed by atoms with Crippen LogP contribution in [-0.2, 0) is 16.1 Å². The van der Waals surface area contributed by atoms with Gasteiger partial charge < -0.3 is 10.2 Å². The third-order valence-corrected chi connectivity index (χ3v) is 10.8. The first-order valence-corrected chi connectivity index (χ1v) is 13.5. The second-order valence-electron chi connectivity index (χ2n) is 11.7. The Balaban J connectivity index is 1.37. The minimum Gasteiger partial charge on any atom is -0.352 e. The number of hydrogen-bond acceptors (Lipinski definition) is 2. The molecule has 2 amide bonds. The molecule has 3 fully saturated rings. The molecule has 0 aromatic heterocycles. The molecule has 4 nitrogen and oxygen atoms in total. The largest absolute Gasteiger partial charge is 0.352 e. The number of allylic oxidation sites excluding steroid dienone is 2. The van der Waals surface area contributed by atoms with Crippen molar-refractivity contribution in [1.82, 2.24) is 10.2 Å². The minimum atomic E-state index is 0.0139. The third-order valence-electron chi connectivity index (χ3n) is 10.1. The van der Waals surface area contributed by atoms with E-state index in [9.17, 15) is 9.59 Å². The summed E-state index contributed by atoms with van der Waals surface area (Å²) in [4.78, 5) is 27.9. The highest BCUT2D eigenvalue weighted by atomic mass is 35.5. The highest BCUT2D eigenvalue weighted by Crippen LogP contribution is 2.66. The highest BCUT2D eigenvalue weighted by Gasteiger charge is 2.61. The molecule has 0 spiro atoms. The number of carbonyl (C=O) groups excluding carboxylic acids is 2. The molecule has 4 aliphatic rings. The Bertz CT molecular complexity index is 1050. The van der Waals surface area contributed by atoms with Crippen LogP contribution < -0.4 is 5.32 Å². The van der Waals surface area contributed by atoms with E-state index in [2.05, 4.69) is 26.1 Å². The first-order valence-electron chi connectivity index (χ1n) is 12.8. The van der Waals surface area contributed by atoms with E-state index in [0.717, 1.165) is 44.1 Å². The van der Waals surface area contributed by atoms with Crippen LogP contribution in [0, 0.1) is 34.5 Å². The number of amides is 2. The SMILES string of the molecule is CC1=C2N(C)C(=O)CC[C@]2(C)[C@@H]2CC[C@]3(C)C(C(=O)NCc4c(Cl)cccc4Cl)CC[C@H]3[C@@H]2C1. The quantitative estimate of drug-likeness (QED) is 0.505. The van der Waals surface area contributed by atoms with Crippen LogP contribution in [0.15, 0.2) is 29.5 Å². The highest BCUT2D eigenvalue weighted by molar-refractivity contribution is 6.36. The van der Waals surface area contributed by atoms with Crippen LogP contribution in [0.1, 0.15) is 71.3 Å². The average Bonchev–Trinajstić information content (AvgIpc) is 3.13. The number of hydrogen-bond donors (Lipinski definition) is 1. The third kappa shape index (κ3) is 3.54. The number of nitrogens with zero attached hydrogens (tertiary/aromatic N) is 1. The molecule has 1 aromatic rings. The van der Waals surface area contributed by atoms with Gasteiger partial charge in [0.25, 0.3) is 0 Å². The Kier molecular flexibility index (Phi) is 6.08. The molecule has 1 aliphatic heterocycles. The number of nitrogens with one attached hydrogen (secondary N) is 1. The van der Waals surface area contributed by atoms with Gasteiger partial charge in [-0.1, -0.05) is 48.7 Å². The van der Waals surface area contributed by atoms with Crippen molar-refractivity contribution < 1.29 is 9.59 Å². The number of carbonyl (C=O) groups is 2. The van der Waals surface area contributed by atoms with Crippen molar-refractivity contribution in [3.63, 3.8) is 0 Å². The second-order valence-corrected chi connectivity index (χ2v) is 12.5. The number of halogens is 2. The summed E-state index contributed by atoms with van der Waals surface area (Å²) in [5.74, 6) is 2.13. The van der Waals surface area contributed by atoms with Gasteiger partial charge in [-0.25, -0.2) is 0 Å². The van der Waals surface area contributed by atoms with Crippen molar-refractivity contribution >= 4 is 35.0 Å².